The Morgan fingerprint density at radius 1 is 1.16 bits per heavy atom. The quantitative estimate of drug-likeness (QED) is 0.818. The summed E-state index contributed by atoms with van der Waals surface area (Å²) in [5, 5.41) is 0. The molecule has 100 valence electrons. The van der Waals surface area contributed by atoms with E-state index in [0.29, 0.717) is 11.6 Å². The maximum atomic E-state index is 12.2. The number of aromatic nitrogens is 3. The van der Waals surface area contributed by atoms with Gasteiger partial charge in [0.1, 0.15) is 0 Å². The predicted molar refractivity (Wildman–Crippen MR) is 77.1 cm³/mol. The Morgan fingerprint density at radius 2 is 1.74 bits per heavy atom. The zero-order valence-electron chi connectivity index (χ0n) is 10.8. The summed E-state index contributed by atoms with van der Waals surface area (Å²) in [5.41, 5.74) is -0.522. The molecule has 0 amide bonds. The number of hydrogen-bond acceptors (Lipinski definition) is 4. The van der Waals surface area contributed by atoms with Gasteiger partial charge in [-0.2, -0.15) is 4.98 Å². The lowest BCUT2D eigenvalue weighted by atomic mass is 10.3. The van der Waals surface area contributed by atoms with E-state index in [0.717, 1.165) is 9.04 Å². The topological polar surface area (TPSA) is 60.1 Å². The van der Waals surface area contributed by atoms with Crippen molar-refractivity contribution in [2.24, 2.45) is 7.05 Å². The second kappa shape index (κ2) is 5.00. The van der Waals surface area contributed by atoms with Gasteiger partial charge in [-0.15, -0.1) is 0 Å². The molecule has 7 heteroatoms. The second-order valence-electron chi connectivity index (χ2n) is 4.24. The highest BCUT2D eigenvalue weighted by Crippen LogP contribution is 2.11. The maximum Gasteiger partial charge on any atom is 0.359 e. The molecule has 0 saturated heterocycles. The Hall–Kier alpha value is -1.89. The van der Waals surface area contributed by atoms with E-state index in [1.165, 1.54) is 4.57 Å². The van der Waals surface area contributed by atoms with Crippen LogP contribution in [0.3, 0.4) is 0 Å². The predicted octanol–water partition coefficient (Wildman–Crippen LogP) is 0.760. The van der Waals surface area contributed by atoms with Crippen LogP contribution in [0.15, 0.2) is 38.3 Å². The molecule has 19 heavy (non-hydrogen) atoms. The molecule has 0 aliphatic rings. The van der Waals surface area contributed by atoms with E-state index in [1.807, 2.05) is 0 Å². The maximum absolute atomic E-state index is 12.2. The molecule has 2 aromatic rings. The van der Waals surface area contributed by atoms with Crippen LogP contribution in [0.5, 0.6) is 0 Å². The van der Waals surface area contributed by atoms with Crippen LogP contribution in [0.4, 0.5) is 5.95 Å². The molecule has 0 N–H and O–H groups in total. The lowest BCUT2D eigenvalue weighted by Crippen LogP contribution is -2.42. The molecule has 6 nitrogen and oxygen atoms in total. The third kappa shape index (κ3) is 2.46. The lowest BCUT2D eigenvalue weighted by Gasteiger charge is -2.15. The van der Waals surface area contributed by atoms with Crippen molar-refractivity contribution in [2.45, 2.75) is 0 Å². The Kier molecular flexibility index (Phi) is 3.57. The summed E-state index contributed by atoms with van der Waals surface area (Å²) in [6, 6.07) is 6.90. The molecule has 0 radical (unpaired) electrons. The monoisotopic (exact) mass is 324 g/mol. The van der Waals surface area contributed by atoms with Gasteiger partial charge in [-0.3, -0.25) is 4.57 Å². The molecule has 0 spiro atoms. The third-order valence-electron chi connectivity index (χ3n) is 2.65. The summed E-state index contributed by atoms with van der Waals surface area (Å²) < 4.78 is 3.25. The third-order valence-corrected chi connectivity index (χ3v) is 3.18. The van der Waals surface area contributed by atoms with Crippen molar-refractivity contribution in [3.05, 3.63) is 49.7 Å². The Labute approximate surface area is 118 Å². The number of anilines is 1. The molecule has 0 fully saturated rings. The smallest absolute Gasteiger partial charge is 0.348 e. The Bertz CT molecular complexity index is 716. The minimum absolute atomic E-state index is 0.323. The summed E-state index contributed by atoms with van der Waals surface area (Å²) in [6.45, 7) is 0. The fraction of sp³-hybridized carbons (Fsp3) is 0.250. The zero-order chi connectivity index (χ0) is 14.2. The summed E-state index contributed by atoms with van der Waals surface area (Å²) in [7, 11) is 5.04. The second-order valence-corrected chi connectivity index (χ2v) is 5.16. The van der Waals surface area contributed by atoms with Crippen LogP contribution in [0, 0.1) is 0 Å². The van der Waals surface area contributed by atoms with E-state index < -0.39 is 11.4 Å². The van der Waals surface area contributed by atoms with E-state index in [4.69, 9.17) is 0 Å². The molecule has 0 aliphatic heterocycles. The average molecular weight is 325 g/mol. The molecular weight excluding hydrogens is 312 g/mol. The van der Waals surface area contributed by atoms with Crippen LogP contribution in [0.2, 0.25) is 0 Å². The van der Waals surface area contributed by atoms with E-state index in [1.54, 1.807) is 50.3 Å². The Morgan fingerprint density at radius 3 is 2.26 bits per heavy atom. The van der Waals surface area contributed by atoms with Gasteiger partial charge in [0.05, 0.1) is 5.69 Å². The molecular formula is C12H13BrN4O2. The van der Waals surface area contributed by atoms with Crippen molar-refractivity contribution in [1.29, 1.82) is 0 Å². The minimum atomic E-state index is -0.589. The van der Waals surface area contributed by atoms with Gasteiger partial charge in [0, 0.05) is 25.6 Å². The lowest BCUT2D eigenvalue weighted by molar-refractivity contribution is 0.683. The minimum Gasteiger partial charge on any atom is -0.348 e. The number of benzene rings is 1. The van der Waals surface area contributed by atoms with Crippen molar-refractivity contribution in [1.82, 2.24) is 14.1 Å². The number of hydrogen-bond donors (Lipinski definition) is 0. The van der Waals surface area contributed by atoms with Gasteiger partial charge in [-0.05, 0) is 24.3 Å². The summed E-state index contributed by atoms with van der Waals surface area (Å²) >= 11 is 3.31. The highest BCUT2D eigenvalue weighted by Gasteiger charge is 2.12. The van der Waals surface area contributed by atoms with Crippen molar-refractivity contribution in [3.63, 3.8) is 0 Å². The van der Waals surface area contributed by atoms with Gasteiger partial charge >= 0.3 is 11.4 Å². The van der Waals surface area contributed by atoms with E-state index in [9.17, 15) is 9.59 Å². The fourth-order valence-corrected chi connectivity index (χ4v) is 2.00. The SMILES string of the molecule is CN(C)c1nc(=O)n(-c2ccc(Br)cc2)c(=O)n1C. The van der Waals surface area contributed by atoms with Crippen molar-refractivity contribution in [3.8, 4) is 5.69 Å². The molecule has 2 rings (SSSR count). The summed E-state index contributed by atoms with van der Waals surface area (Å²) in [4.78, 5) is 29.8. The van der Waals surface area contributed by atoms with Gasteiger partial charge in [0.25, 0.3) is 0 Å². The molecule has 0 saturated carbocycles. The Balaban J connectivity index is 2.73. The summed E-state index contributed by atoms with van der Waals surface area (Å²) in [5.74, 6) is 0.323. The van der Waals surface area contributed by atoms with Gasteiger partial charge in [-0.1, -0.05) is 15.9 Å². The van der Waals surface area contributed by atoms with E-state index in [2.05, 4.69) is 20.9 Å². The fourth-order valence-electron chi connectivity index (χ4n) is 1.74. The first-order valence-corrected chi connectivity index (χ1v) is 6.34. The first-order valence-electron chi connectivity index (χ1n) is 5.55. The highest BCUT2D eigenvalue weighted by molar-refractivity contribution is 9.10. The van der Waals surface area contributed by atoms with Gasteiger partial charge in [0.2, 0.25) is 5.95 Å². The van der Waals surface area contributed by atoms with Crippen molar-refractivity contribution >= 4 is 21.9 Å². The van der Waals surface area contributed by atoms with Crippen LogP contribution in [-0.4, -0.2) is 28.2 Å². The van der Waals surface area contributed by atoms with Crippen LogP contribution in [0.25, 0.3) is 5.69 Å². The zero-order valence-corrected chi connectivity index (χ0v) is 12.4. The molecule has 1 aromatic heterocycles. The molecule has 0 bridgehead atoms. The number of rotatable bonds is 2. The first kappa shape index (κ1) is 13.5. The molecule has 1 aromatic carbocycles. The molecule has 1 heterocycles. The average Bonchev–Trinajstić information content (AvgIpc) is 2.36. The normalized spacial score (nSPS) is 10.5. The highest BCUT2D eigenvalue weighted by atomic mass is 79.9. The van der Waals surface area contributed by atoms with Crippen LogP contribution >= 0.6 is 15.9 Å². The number of nitrogens with zero attached hydrogens (tertiary/aromatic N) is 4. The van der Waals surface area contributed by atoms with Gasteiger partial charge < -0.3 is 4.90 Å². The van der Waals surface area contributed by atoms with Gasteiger partial charge in [0.15, 0.2) is 0 Å². The molecule has 0 unspecified atom stereocenters. The molecule has 0 atom stereocenters. The molecule has 0 aliphatic carbocycles. The van der Waals surface area contributed by atoms with Crippen LogP contribution < -0.4 is 16.3 Å². The summed E-state index contributed by atoms with van der Waals surface area (Å²) in [6.07, 6.45) is 0. The standard InChI is InChI=1S/C12H13BrN4O2/c1-15(2)10-14-11(18)17(12(19)16(10)3)9-6-4-8(13)5-7-9/h4-7H,1-3H3. The van der Waals surface area contributed by atoms with Crippen LogP contribution in [0.1, 0.15) is 0 Å². The van der Waals surface area contributed by atoms with Gasteiger partial charge in [-0.25, -0.2) is 14.2 Å². The van der Waals surface area contributed by atoms with Crippen LogP contribution in [-0.2, 0) is 7.05 Å². The van der Waals surface area contributed by atoms with Crippen molar-refractivity contribution < 1.29 is 0 Å². The van der Waals surface area contributed by atoms with E-state index >= 15 is 0 Å². The number of halogens is 1. The van der Waals surface area contributed by atoms with Crippen molar-refractivity contribution in [2.75, 3.05) is 19.0 Å². The first-order chi connectivity index (χ1) is 8.91. The van der Waals surface area contributed by atoms with E-state index in [-0.39, 0.29) is 0 Å². The largest absolute Gasteiger partial charge is 0.359 e.